The molecule has 0 fully saturated rings. The number of carbonyl (C=O) groups excluding carboxylic acids is 4. The van der Waals surface area contributed by atoms with Crippen molar-refractivity contribution >= 4 is 23.9 Å². The Kier molecular flexibility index (Phi) is 51.7. The summed E-state index contributed by atoms with van der Waals surface area (Å²) in [6.07, 6.45) is 0. The van der Waals surface area contributed by atoms with Crippen molar-refractivity contribution in [3.8, 4) is 0 Å². The summed E-state index contributed by atoms with van der Waals surface area (Å²) < 4.78 is 0. The van der Waals surface area contributed by atoms with Crippen LogP contribution in [0.4, 0.5) is 0 Å². The molecule has 0 N–H and O–H groups in total. The standard InChI is InChI=1S/C5H5.C5H.4C2H4O2.2V/c2*1-2-4-5-3-1;4*1-2(3)4;;/h1-5H;1H;4*1H3,(H,3,4);;/q-1;-5;;;;;;/p-4. The Balaban J connectivity index is -0.0000000514. The summed E-state index contributed by atoms with van der Waals surface area (Å²) in [6.45, 7) is 3.89. The SMILES string of the molecule is CC(=O)[O-].CC(=O)[O-].CC(=O)[O-].CC(=O)[O-].[V].[V].[c-]1[c-][c-][cH-][c-]1.c1cc[cH-]c1. The molecule has 0 atom stereocenters. The summed E-state index contributed by atoms with van der Waals surface area (Å²) in [7, 11) is 0. The molecule has 0 spiro atoms. The Labute approximate surface area is 188 Å². The van der Waals surface area contributed by atoms with Crippen LogP contribution < -0.4 is 20.4 Å². The molecule has 0 aliphatic rings. The van der Waals surface area contributed by atoms with E-state index in [1.165, 1.54) is 0 Å². The van der Waals surface area contributed by atoms with Crippen molar-refractivity contribution in [3.63, 3.8) is 0 Å². The molecule has 0 amide bonds. The van der Waals surface area contributed by atoms with Crippen molar-refractivity contribution in [2.45, 2.75) is 27.7 Å². The van der Waals surface area contributed by atoms with Crippen molar-refractivity contribution in [2.24, 2.45) is 0 Å². The van der Waals surface area contributed by atoms with Gasteiger partial charge in [0.1, 0.15) is 0 Å². The van der Waals surface area contributed by atoms with Crippen LogP contribution in [0, 0.1) is 24.3 Å². The molecule has 0 unspecified atom stereocenters. The minimum atomic E-state index is -1.08. The second-order valence-electron chi connectivity index (χ2n) is 3.61. The fourth-order valence-electron chi connectivity index (χ4n) is 0.501. The Morgan fingerprint density at radius 1 is 0.643 bits per heavy atom. The zero-order valence-corrected chi connectivity index (χ0v) is 18.4. The average molecular weight is 464 g/mol. The first-order valence-electron chi connectivity index (χ1n) is 6.63. The van der Waals surface area contributed by atoms with Crippen molar-refractivity contribution in [3.05, 3.63) is 60.7 Å². The molecule has 2 aromatic rings. The van der Waals surface area contributed by atoms with E-state index in [0.29, 0.717) is 0 Å². The maximum atomic E-state index is 8.89. The Morgan fingerprint density at radius 3 is 0.929 bits per heavy atom. The molecule has 0 saturated carbocycles. The Morgan fingerprint density at radius 2 is 0.857 bits per heavy atom. The van der Waals surface area contributed by atoms with Gasteiger partial charge in [0.15, 0.2) is 0 Å². The third kappa shape index (κ3) is 205. The number of hydrogen-bond donors (Lipinski definition) is 0. The van der Waals surface area contributed by atoms with Crippen LogP contribution in [0.5, 0.6) is 0 Å². The summed E-state index contributed by atoms with van der Waals surface area (Å²) in [6, 6.07) is 22.0. The first-order chi connectivity index (χ1) is 11.9. The van der Waals surface area contributed by atoms with Crippen molar-refractivity contribution in [2.75, 3.05) is 0 Å². The molecule has 0 aromatic heterocycles. The van der Waals surface area contributed by atoms with Gasteiger partial charge in [-0.2, -0.15) is 18.2 Å². The van der Waals surface area contributed by atoms with Gasteiger partial charge in [-0.15, -0.1) is 0 Å². The van der Waals surface area contributed by atoms with E-state index in [2.05, 4.69) is 24.3 Å². The van der Waals surface area contributed by atoms with Gasteiger partial charge in [0, 0.05) is 61.0 Å². The number of aliphatic carboxylic acids is 4. The number of carboxylic acid groups (broad SMARTS) is 4. The van der Waals surface area contributed by atoms with Gasteiger partial charge in [0.2, 0.25) is 0 Å². The summed E-state index contributed by atoms with van der Waals surface area (Å²) in [5.74, 6) is -4.33. The van der Waals surface area contributed by atoms with Gasteiger partial charge in [-0.3, -0.25) is 0 Å². The van der Waals surface area contributed by atoms with Crippen LogP contribution in [0.1, 0.15) is 27.7 Å². The van der Waals surface area contributed by atoms with E-state index in [4.69, 9.17) is 39.6 Å². The predicted octanol–water partition coefficient (Wildman–Crippen LogP) is -2.97. The molecule has 10 heteroatoms. The first kappa shape index (κ1) is 40.4. The molecule has 8 nitrogen and oxygen atoms in total. The molecule has 2 aromatic carbocycles. The number of hydrogen-bond acceptors (Lipinski definition) is 8. The average Bonchev–Trinajstić information content (AvgIpc) is 3.16. The fraction of sp³-hybridized carbons (Fsp3) is 0.222. The third-order valence-electron chi connectivity index (χ3n) is 0.907. The topological polar surface area (TPSA) is 161 Å². The second-order valence-corrected chi connectivity index (χ2v) is 3.61. The van der Waals surface area contributed by atoms with Gasteiger partial charge in [0.25, 0.3) is 0 Å². The molecular weight excluding hydrogens is 446 g/mol. The van der Waals surface area contributed by atoms with E-state index in [1.807, 2.05) is 30.3 Å². The summed E-state index contributed by atoms with van der Waals surface area (Å²) in [5.41, 5.74) is 0. The molecule has 0 saturated heterocycles. The molecule has 158 valence electrons. The van der Waals surface area contributed by atoms with Gasteiger partial charge < -0.3 is 69.9 Å². The number of carbonyl (C=O) groups is 4. The van der Waals surface area contributed by atoms with Crippen molar-refractivity contribution in [1.29, 1.82) is 0 Å². The molecule has 0 bridgehead atoms. The van der Waals surface area contributed by atoms with Crippen LogP contribution in [0.2, 0.25) is 0 Å². The van der Waals surface area contributed by atoms with Crippen molar-refractivity contribution in [1.82, 2.24) is 0 Å². The minimum absolute atomic E-state index is 0. The van der Waals surface area contributed by atoms with Crippen LogP contribution in [-0.4, -0.2) is 23.9 Å². The third-order valence-corrected chi connectivity index (χ3v) is 0.907. The summed E-state index contributed by atoms with van der Waals surface area (Å²) in [4.78, 5) is 35.6. The predicted molar refractivity (Wildman–Crippen MR) is 82.1 cm³/mol. The zero-order chi connectivity index (χ0) is 21.4. The van der Waals surface area contributed by atoms with Crippen LogP contribution in [0.25, 0.3) is 0 Å². The van der Waals surface area contributed by atoms with E-state index in [1.54, 1.807) is 6.07 Å². The maximum absolute atomic E-state index is 8.89. The molecular formula is C18H18O8V2-10. The molecule has 0 aliphatic heterocycles. The summed E-state index contributed by atoms with van der Waals surface area (Å²) >= 11 is 0. The second kappa shape index (κ2) is 35.8. The normalized spacial score (nSPS) is 6.43. The molecule has 0 aliphatic carbocycles. The smallest absolute Gasteiger partial charge is 0.0383 e. The van der Waals surface area contributed by atoms with Gasteiger partial charge in [0.05, 0.1) is 0 Å². The number of rotatable bonds is 0. The maximum Gasteiger partial charge on any atom is 0.0383 e. The van der Waals surface area contributed by atoms with E-state index in [9.17, 15) is 0 Å². The van der Waals surface area contributed by atoms with Gasteiger partial charge in [-0.05, 0) is 27.7 Å². The van der Waals surface area contributed by atoms with Gasteiger partial charge in [-0.1, -0.05) is 0 Å². The fourth-order valence-corrected chi connectivity index (χ4v) is 0.501. The van der Waals surface area contributed by atoms with E-state index >= 15 is 0 Å². The van der Waals surface area contributed by atoms with E-state index in [0.717, 1.165) is 27.7 Å². The zero-order valence-electron chi connectivity index (χ0n) is 15.6. The molecule has 2 rings (SSSR count). The monoisotopic (exact) mass is 464 g/mol. The summed E-state index contributed by atoms with van der Waals surface area (Å²) in [5, 5.41) is 35.6. The van der Waals surface area contributed by atoms with Crippen LogP contribution in [-0.2, 0) is 56.3 Å². The Bertz CT molecular complexity index is 413. The Hall–Kier alpha value is -2.25. The first-order valence-corrected chi connectivity index (χ1v) is 6.63. The largest absolute Gasteiger partial charge is 0.999 e. The molecule has 2 radical (unpaired) electrons. The van der Waals surface area contributed by atoms with Gasteiger partial charge in [-0.25, -0.2) is 12.1 Å². The van der Waals surface area contributed by atoms with Crippen LogP contribution in [0.3, 0.4) is 0 Å². The van der Waals surface area contributed by atoms with Crippen molar-refractivity contribution < 1.29 is 76.7 Å². The van der Waals surface area contributed by atoms with E-state index < -0.39 is 23.9 Å². The molecule has 0 heterocycles. The quantitative estimate of drug-likeness (QED) is 0.374. The van der Waals surface area contributed by atoms with E-state index in [-0.39, 0.29) is 37.1 Å². The number of carboxylic acids is 4. The van der Waals surface area contributed by atoms with Crippen LogP contribution in [0.15, 0.2) is 36.4 Å². The minimum Gasteiger partial charge on any atom is -0.999 e. The van der Waals surface area contributed by atoms with Crippen LogP contribution >= 0.6 is 0 Å². The van der Waals surface area contributed by atoms with Gasteiger partial charge >= 0.3 is 0 Å². The molecule has 28 heavy (non-hydrogen) atoms.